The summed E-state index contributed by atoms with van der Waals surface area (Å²) in [6.45, 7) is 26.6. The van der Waals surface area contributed by atoms with E-state index in [2.05, 4.69) is 75.9 Å². The monoisotopic (exact) mass is 426 g/mol. The van der Waals surface area contributed by atoms with Crippen molar-refractivity contribution in [1.82, 2.24) is 0 Å². The van der Waals surface area contributed by atoms with Crippen LogP contribution < -0.4 is 0 Å². The molecule has 8 rings (SSSR count). The molecule has 0 N–H and O–H groups in total. The molecule has 0 aromatic carbocycles. The highest BCUT2D eigenvalue weighted by Gasteiger charge is 2.76. The largest absolute Gasteiger partial charge is 0.103 e. The molecule has 170 valence electrons. The number of allylic oxidation sites excluding steroid dienone is 6. The van der Waals surface area contributed by atoms with Crippen LogP contribution in [-0.2, 0) is 0 Å². The molecule has 8 saturated carbocycles. The molecule has 0 nitrogen and oxygen atoms in total. The topological polar surface area (TPSA) is 0 Å². The highest BCUT2D eigenvalue weighted by Crippen LogP contribution is 2.86. The zero-order chi connectivity index (χ0) is 22.7. The highest BCUT2D eigenvalue weighted by molar-refractivity contribution is 5.34. The zero-order valence-corrected chi connectivity index (χ0v) is 20.2. The van der Waals surface area contributed by atoms with Gasteiger partial charge >= 0.3 is 0 Å². The lowest BCUT2D eigenvalue weighted by atomic mass is 9.25. The fourth-order valence-electron chi connectivity index (χ4n) is 12.2. The van der Waals surface area contributed by atoms with E-state index in [1.807, 2.05) is 0 Å². The van der Waals surface area contributed by atoms with Gasteiger partial charge < -0.3 is 0 Å². The van der Waals surface area contributed by atoms with Crippen molar-refractivity contribution in [3.63, 3.8) is 0 Å². The Morgan fingerprint density at radius 3 is 0.562 bits per heavy atom. The first kappa shape index (κ1) is 21.0. The number of hydrogen-bond acceptors (Lipinski definition) is 0. The average Bonchev–Trinajstić information content (AvgIpc) is 2.77. The summed E-state index contributed by atoms with van der Waals surface area (Å²) in [6, 6.07) is 0. The third-order valence-electron chi connectivity index (χ3n) is 12.1. The Morgan fingerprint density at radius 1 is 0.281 bits per heavy atom. The van der Waals surface area contributed by atoms with E-state index in [4.69, 9.17) is 0 Å². The molecule has 0 heteroatoms. The summed E-state index contributed by atoms with van der Waals surface area (Å²) in [6.07, 6.45) is 29.4. The van der Waals surface area contributed by atoms with Crippen molar-refractivity contribution < 1.29 is 0 Å². The Hall–Kier alpha value is -1.56. The van der Waals surface area contributed by atoms with Crippen molar-refractivity contribution >= 4 is 0 Å². The van der Waals surface area contributed by atoms with Gasteiger partial charge in [0.15, 0.2) is 0 Å². The van der Waals surface area contributed by atoms with Gasteiger partial charge in [0, 0.05) is 0 Å². The Bertz CT molecular complexity index is 743. The summed E-state index contributed by atoms with van der Waals surface area (Å²) in [5.74, 6) is 0. The molecule has 8 bridgehead atoms. The second-order valence-electron chi connectivity index (χ2n) is 14.1. The first-order chi connectivity index (χ1) is 15.1. The van der Waals surface area contributed by atoms with Crippen LogP contribution in [0, 0.1) is 43.3 Å². The summed E-state index contributed by atoms with van der Waals surface area (Å²) >= 11 is 0. The van der Waals surface area contributed by atoms with E-state index in [0.29, 0.717) is 10.8 Å². The molecule has 0 heterocycles. The smallest absolute Gasteiger partial charge is 0.00989 e. The maximum Gasteiger partial charge on any atom is -0.00989 e. The summed E-state index contributed by atoms with van der Waals surface area (Å²) in [7, 11) is 0. The number of hydrogen-bond donors (Lipinski definition) is 0. The van der Waals surface area contributed by atoms with Gasteiger partial charge in [-0.1, -0.05) is 36.5 Å². The molecule has 0 saturated heterocycles. The number of rotatable bonds is 7. The van der Waals surface area contributed by atoms with Gasteiger partial charge in [0.05, 0.1) is 0 Å². The van der Waals surface area contributed by atoms with E-state index in [-0.39, 0.29) is 32.5 Å². The molecule has 0 aromatic rings. The predicted octanol–water partition coefficient (Wildman–Crippen LogP) is 8.76. The van der Waals surface area contributed by atoms with Crippen molar-refractivity contribution in [2.24, 2.45) is 43.3 Å². The van der Waals surface area contributed by atoms with Crippen LogP contribution in [0.15, 0.2) is 75.9 Å². The molecule has 8 aliphatic carbocycles. The minimum atomic E-state index is 0.227. The molecule has 0 unspecified atom stereocenters. The lowest BCUT2D eigenvalue weighted by Gasteiger charge is -2.79. The molecular weight excluding hydrogens is 384 g/mol. The molecule has 0 amide bonds. The molecule has 0 aromatic heterocycles. The van der Waals surface area contributed by atoms with E-state index in [9.17, 15) is 0 Å². The van der Waals surface area contributed by atoms with Gasteiger partial charge in [-0.3, -0.25) is 0 Å². The van der Waals surface area contributed by atoms with Crippen LogP contribution in [0.1, 0.15) is 77.0 Å². The van der Waals surface area contributed by atoms with Gasteiger partial charge in [-0.15, -0.1) is 39.5 Å². The Morgan fingerprint density at radius 2 is 0.438 bits per heavy atom. The van der Waals surface area contributed by atoms with Gasteiger partial charge in [0.2, 0.25) is 0 Å². The zero-order valence-electron chi connectivity index (χ0n) is 20.2. The highest BCUT2D eigenvalue weighted by atomic mass is 14.8. The third kappa shape index (κ3) is 2.26. The second-order valence-corrected chi connectivity index (χ2v) is 14.1. The second kappa shape index (κ2) is 5.73. The van der Waals surface area contributed by atoms with Crippen molar-refractivity contribution in [1.29, 1.82) is 0 Å². The van der Waals surface area contributed by atoms with E-state index in [0.717, 1.165) is 0 Å². The minimum absolute atomic E-state index is 0.227. The normalized spacial score (nSPS) is 58.9. The summed E-state index contributed by atoms with van der Waals surface area (Å²) in [5, 5.41) is 0. The van der Waals surface area contributed by atoms with Crippen LogP contribution in [0.3, 0.4) is 0 Å². The standard InChI is InChI=1S/C32H42/c1-7-25-13-26(8-2)15-27(9-3,14-25)21-31(19-25,20-26)32-22-28(10-4)16-29(11-5,23-32)18-30(12-6,17-28)24-32/h7-12H,1-6,13-24H2. The molecule has 0 aliphatic heterocycles. The van der Waals surface area contributed by atoms with Crippen LogP contribution >= 0.6 is 0 Å². The van der Waals surface area contributed by atoms with Crippen molar-refractivity contribution in [3.05, 3.63) is 75.9 Å². The Labute approximate surface area is 196 Å². The first-order valence-electron chi connectivity index (χ1n) is 12.9. The molecule has 0 atom stereocenters. The first-order valence-corrected chi connectivity index (χ1v) is 12.9. The van der Waals surface area contributed by atoms with Crippen molar-refractivity contribution in [3.8, 4) is 0 Å². The molecule has 0 spiro atoms. The lowest BCUT2D eigenvalue weighted by molar-refractivity contribution is -0.269. The molecule has 8 aliphatic rings. The maximum atomic E-state index is 4.43. The van der Waals surface area contributed by atoms with Gasteiger partial charge in [-0.2, -0.15) is 0 Å². The van der Waals surface area contributed by atoms with Crippen LogP contribution in [0.25, 0.3) is 0 Å². The third-order valence-corrected chi connectivity index (χ3v) is 12.1. The predicted molar refractivity (Wildman–Crippen MR) is 136 cm³/mol. The summed E-state index contributed by atoms with van der Waals surface area (Å²) in [5.41, 5.74) is 1.99. The van der Waals surface area contributed by atoms with Crippen LogP contribution in [0.2, 0.25) is 0 Å². The van der Waals surface area contributed by atoms with E-state index in [1.165, 1.54) is 77.0 Å². The molecule has 0 radical (unpaired) electrons. The molecule has 8 fully saturated rings. The quantitative estimate of drug-likeness (QED) is 0.357. The van der Waals surface area contributed by atoms with Crippen LogP contribution in [0.4, 0.5) is 0 Å². The fourth-order valence-corrected chi connectivity index (χ4v) is 12.2. The van der Waals surface area contributed by atoms with E-state index < -0.39 is 0 Å². The van der Waals surface area contributed by atoms with Gasteiger partial charge in [-0.25, -0.2) is 0 Å². The summed E-state index contributed by atoms with van der Waals surface area (Å²) in [4.78, 5) is 0. The van der Waals surface area contributed by atoms with Crippen LogP contribution in [0.5, 0.6) is 0 Å². The van der Waals surface area contributed by atoms with Crippen molar-refractivity contribution in [2.75, 3.05) is 0 Å². The van der Waals surface area contributed by atoms with E-state index in [1.54, 1.807) is 0 Å². The van der Waals surface area contributed by atoms with E-state index >= 15 is 0 Å². The molecular formula is C32H42. The lowest BCUT2D eigenvalue weighted by Crippen LogP contribution is -2.70. The van der Waals surface area contributed by atoms with Gasteiger partial charge in [0.1, 0.15) is 0 Å². The summed E-state index contributed by atoms with van der Waals surface area (Å²) < 4.78 is 0. The van der Waals surface area contributed by atoms with Gasteiger partial charge in [-0.05, 0) is 120 Å². The van der Waals surface area contributed by atoms with Gasteiger partial charge in [0.25, 0.3) is 0 Å². The minimum Gasteiger partial charge on any atom is -0.103 e. The fraction of sp³-hybridized carbons (Fsp3) is 0.625. The molecule has 32 heavy (non-hydrogen) atoms. The van der Waals surface area contributed by atoms with Crippen LogP contribution in [-0.4, -0.2) is 0 Å². The van der Waals surface area contributed by atoms with Crippen molar-refractivity contribution in [2.45, 2.75) is 77.0 Å². The SMILES string of the molecule is C=CC12CC3(C=C)CC(C=C)(C1)CC(C14CC5(C=C)CC(C=C)(CC(C=C)(C5)C1)C4)(C2)C3. The Balaban J connectivity index is 1.59. The maximum absolute atomic E-state index is 4.43. The Kier molecular flexibility index (Phi) is 3.76. The average molecular weight is 427 g/mol.